The Morgan fingerprint density at radius 1 is 1.11 bits per heavy atom. The van der Waals surface area contributed by atoms with Crippen LogP contribution in [0.2, 0.25) is 0 Å². The number of benzene rings is 2. The first-order valence-corrected chi connectivity index (χ1v) is 8.84. The van der Waals surface area contributed by atoms with Crippen LogP contribution in [-0.2, 0) is 13.0 Å². The van der Waals surface area contributed by atoms with Crippen LogP contribution in [0.3, 0.4) is 0 Å². The lowest BCUT2D eigenvalue weighted by Crippen LogP contribution is -2.39. The van der Waals surface area contributed by atoms with Gasteiger partial charge in [-0.15, -0.1) is 0 Å². The molecule has 1 N–H and O–H groups in total. The third-order valence-electron chi connectivity index (χ3n) is 4.60. The lowest BCUT2D eigenvalue weighted by Gasteiger charge is -2.28. The predicted octanol–water partition coefficient (Wildman–Crippen LogP) is 3.74. The van der Waals surface area contributed by atoms with Crippen molar-refractivity contribution in [3.63, 3.8) is 0 Å². The van der Waals surface area contributed by atoms with Crippen molar-refractivity contribution in [1.82, 2.24) is 14.9 Å². The maximum absolute atomic E-state index is 12.7. The molecule has 3 aromatic rings. The molecule has 0 radical (unpaired) electrons. The minimum absolute atomic E-state index is 0.155. The molecule has 136 valence electrons. The highest BCUT2D eigenvalue weighted by molar-refractivity contribution is 5.91. The van der Waals surface area contributed by atoms with E-state index in [0.717, 1.165) is 22.6 Å². The molecule has 27 heavy (non-hydrogen) atoms. The van der Waals surface area contributed by atoms with Crippen LogP contribution in [0.4, 0.5) is 10.5 Å². The standard InChI is InChI=1S/C21H20N4O2/c1-27-19-10-6-5-9-18(19)24-21(26)25-12-11-17-16(14-25)13-22-20(23-17)15-7-3-2-4-8-15/h2-10,13H,11-12,14H2,1H3,(H,24,26). The molecular formula is C21H20N4O2. The zero-order valence-electron chi connectivity index (χ0n) is 15.1. The van der Waals surface area contributed by atoms with Crippen molar-refractivity contribution in [2.45, 2.75) is 13.0 Å². The van der Waals surface area contributed by atoms with Gasteiger partial charge in [0.25, 0.3) is 0 Å². The van der Waals surface area contributed by atoms with Crippen molar-refractivity contribution in [2.24, 2.45) is 0 Å². The average molecular weight is 360 g/mol. The van der Waals surface area contributed by atoms with Gasteiger partial charge in [-0.05, 0) is 12.1 Å². The Hall–Kier alpha value is -3.41. The first-order chi connectivity index (χ1) is 13.2. The van der Waals surface area contributed by atoms with Gasteiger partial charge in [0.05, 0.1) is 25.0 Å². The molecule has 0 saturated carbocycles. The number of nitrogens with one attached hydrogen (secondary N) is 1. The first kappa shape index (κ1) is 17.0. The summed E-state index contributed by atoms with van der Waals surface area (Å²) in [5.74, 6) is 1.36. The van der Waals surface area contributed by atoms with E-state index in [9.17, 15) is 4.79 Å². The topological polar surface area (TPSA) is 67.3 Å². The normalized spacial score (nSPS) is 13.0. The van der Waals surface area contributed by atoms with E-state index in [2.05, 4.69) is 10.3 Å². The molecule has 0 spiro atoms. The second kappa shape index (κ2) is 7.45. The number of nitrogens with zero attached hydrogens (tertiary/aromatic N) is 3. The van der Waals surface area contributed by atoms with Crippen LogP contribution < -0.4 is 10.1 Å². The Morgan fingerprint density at radius 2 is 1.89 bits per heavy atom. The van der Waals surface area contributed by atoms with Crippen LogP contribution in [-0.4, -0.2) is 34.6 Å². The monoisotopic (exact) mass is 360 g/mol. The largest absolute Gasteiger partial charge is 0.495 e. The van der Waals surface area contributed by atoms with Crippen LogP contribution >= 0.6 is 0 Å². The highest BCUT2D eigenvalue weighted by Gasteiger charge is 2.23. The van der Waals surface area contributed by atoms with E-state index in [1.54, 1.807) is 12.0 Å². The van der Waals surface area contributed by atoms with Gasteiger partial charge in [0.2, 0.25) is 0 Å². The molecule has 0 aliphatic carbocycles. The Morgan fingerprint density at radius 3 is 2.70 bits per heavy atom. The number of para-hydroxylation sites is 2. The second-order valence-electron chi connectivity index (χ2n) is 6.33. The van der Waals surface area contributed by atoms with Gasteiger partial charge >= 0.3 is 6.03 Å². The Balaban J connectivity index is 1.49. The number of amides is 2. The first-order valence-electron chi connectivity index (χ1n) is 8.84. The lowest BCUT2D eigenvalue weighted by atomic mass is 10.1. The number of aromatic nitrogens is 2. The zero-order chi connectivity index (χ0) is 18.6. The van der Waals surface area contributed by atoms with Gasteiger partial charge in [-0.3, -0.25) is 0 Å². The molecule has 1 aromatic heterocycles. The molecule has 2 amide bonds. The number of carbonyl (C=O) groups excluding carboxylic acids is 1. The van der Waals surface area contributed by atoms with Gasteiger partial charge < -0.3 is 15.0 Å². The van der Waals surface area contributed by atoms with Crippen molar-refractivity contribution >= 4 is 11.7 Å². The van der Waals surface area contributed by atoms with Gasteiger partial charge in [0.15, 0.2) is 5.82 Å². The highest BCUT2D eigenvalue weighted by Crippen LogP contribution is 2.25. The number of rotatable bonds is 3. The van der Waals surface area contributed by atoms with Crippen LogP contribution in [0.25, 0.3) is 11.4 Å². The quantitative estimate of drug-likeness (QED) is 0.773. The third kappa shape index (κ3) is 3.60. The number of urea groups is 1. The van der Waals surface area contributed by atoms with Gasteiger partial charge in [-0.25, -0.2) is 14.8 Å². The van der Waals surface area contributed by atoms with E-state index in [-0.39, 0.29) is 6.03 Å². The molecule has 6 nitrogen and oxygen atoms in total. The van der Waals surface area contributed by atoms with Crippen LogP contribution in [0.15, 0.2) is 60.8 Å². The van der Waals surface area contributed by atoms with Crippen molar-refractivity contribution in [3.05, 3.63) is 72.1 Å². The summed E-state index contributed by atoms with van der Waals surface area (Å²) in [5, 5.41) is 2.92. The van der Waals surface area contributed by atoms with Crippen molar-refractivity contribution in [3.8, 4) is 17.1 Å². The van der Waals surface area contributed by atoms with E-state index in [0.29, 0.717) is 30.9 Å². The number of ether oxygens (including phenoxy) is 1. The average Bonchev–Trinajstić information content (AvgIpc) is 2.74. The maximum atomic E-state index is 12.7. The lowest BCUT2D eigenvalue weighted by molar-refractivity contribution is 0.205. The third-order valence-corrected chi connectivity index (χ3v) is 4.60. The smallest absolute Gasteiger partial charge is 0.322 e. The van der Waals surface area contributed by atoms with E-state index >= 15 is 0 Å². The molecule has 6 heteroatoms. The fraction of sp³-hybridized carbons (Fsp3) is 0.190. The second-order valence-corrected chi connectivity index (χ2v) is 6.33. The fourth-order valence-corrected chi connectivity index (χ4v) is 3.16. The summed E-state index contributed by atoms with van der Waals surface area (Å²) in [6, 6.07) is 17.1. The SMILES string of the molecule is COc1ccccc1NC(=O)N1CCc2nc(-c3ccccc3)ncc2C1. The highest BCUT2D eigenvalue weighted by atomic mass is 16.5. The minimum atomic E-state index is -0.155. The van der Waals surface area contributed by atoms with E-state index in [1.165, 1.54) is 0 Å². The Labute approximate surface area is 157 Å². The number of hydrogen-bond donors (Lipinski definition) is 1. The van der Waals surface area contributed by atoms with Gasteiger partial charge in [0, 0.05) is 30.3 Å². The van der Waals surface area contributed by atoms with Gasteiger partial charge in [0.1, 0.15) is 5.75 Å². The molecule has 1 aliphatic rings. The molecular weight excluding hydrogens is 340 g/mol. The van der Waals surface area contributed by atoms with Crippen molar-refractivity contribution in [2.75, 3.05) is 19.0 Å². The molecule has 0 unspecified atom stereocenters. The molecule has 0 saturated heterocycles. The van der Waals surface area contributed by atoms with E-state index in [1.807, 2.05) is 60.8 Å². The van der Waals surface area contributed by atoms with E-state index < -0.39 is 0 Å². The number of methoxy groups -OCH3 is 1. The van der Waals surface area contributed by atoms with Crippen molar-refractivity contribution in [1.29, 1.82) is 0 Å². The molecule has 0 fully saturated rings. The number of anilines is 1. The van der Waals surface area contributed by atoms with E-state index in [4.69, 9.17) is 9.72 Å². The number of carbonyl (C=O) groups is 1. The molecule has 4 rings (SSSR count). The number of fused-ring (bicyclic) bond motifs is 1. The summed E-state index contributed by atoms with van der Waals surface area (Å²) in [5.41, 5.74) is 3.64. The predicted molar refractivity (Wildman–Crippen MR) is 104 cm³/mol. The fourth-order valence-electron chi connectivity index (χ4n) is 3.16. The Kier molecular flexibility index (Phi) is 4.70. The summed E-state index contributed by atoms with van der Waals surface area (Å²) in [4.78, 5) is 23.6. The zero-order valence-corrected chi connectivity index (χ0v) is 15.1. The van der Waals surface area contributed by atoms with Crippen LogP contribution in [0.5, 0.6) is 5.75 Å². The molecule has 0 bridgehead atoms. The summed E-state index contributed by atoms with van der Waals surface area (Å²) >= 11 is 0. The summed E-state index contributed by atoms with van der Waals surface area (Å²) in [7, 11) is 1.59. The molecule has 1 aliphatic heterocycles. The summed E-state index contributed by atoms with van der Waals surface area (Å²) < 4.78 is 5.29. The minimum Gasteiger partial charge on any atom is -0.495 e. The summed E-state index contributed by atoms with van der Waals surface area (Å²) in [6.07, 6.45) is 2.53. The molecule has 0 atom stereocenters. The number of hydrogen-bond acceptors (Lipinski definition) is 4. The van der Waals surface area contributed by atoms with Crippen molar-refractivity contribution < 1.29 is 9.53 Å². The van der Waals surface area contributed by atoms with Crippen LogP contribution in [0.1, 0.15) is 11.3 Å². The molecule has 2 heterocycles. The van der Waals surface area contributed by atoms with Gasteiger partial charge in [-0.1, -0.05) is 42.5 Å². The maximum Gasteiger partial charge on any atom is 0.322 e. The van der Waals surface area contributed by atoms with Gasteiger partial charge in [-0.2, -0.15) is 0 Å². The molecule has 2 aromatic carbocycles. The Bertz CT molecular complexity index is 959. The summed E-state index contributed by atoms with van der Waals surface area (Å²) in [6.45, 7) is 1.10. The van der Waals surface area contributed by atoms with Crippen LogP contribution in [0, 0.1) is 0 Å².